The van der Waals surface area contributed by atoms with Crippen molar-refractivity contribution in [2.75, 3.05) is 30.5 Å². The Balaban J connectivity index is 1.46. The molecule has 0 unspecified atom stereocenters. The molecular formula is C29H35N3O4S. The molecule has 0 atom stereocenters. The molecule has 37 heavy (non-hydrogen) atoms. The van der Waals surface area contributed by atoms with Crippen LogP contribution in [0, 0.1) is 0 Å². The van der Waals surface area contributed by atoms with Gasteiger partial charge < -0.3 is 10.1 Å². The number of likely N-dealkylation sites (tertiary alicyclic amines) is 1. The van der Waals surface area contributed by atoms with Gasteiger partial charge in [-0.2, -0.15) is 0 Å². The second-order valence-corrected chi connectivity index (χ2v) is 11.0. The summed E-state index contributed by atoms with van der Waals surface area (Å²) in [5, 5.41) is 2.90. The maximum Gasteiger partial charge on any atom is 0.264 e. The van der Waals surface area contributed by atoms with Gasteiger partial charge in [0.05, 0.1) is 17.2 Å². The molecule has 1 heterocycles. The number of piperidine rings is 1. The first-order valence-corrected chi connectivity index (χ1v) is 14.3. The minimum Gasteiger partial charge on any atom is -0.494 e. The first-order valence-electron chi connectivity index (χ1n) is 12.8. The van der Waals surface area contributed by atoms with Crippen molar-refractivity contribution in [2.24, 2.45) is 0 Å². The van der Waals surface area contributed by atoms with Crippen LogP contribution in [0.2, 0.25) is 0 Å². The molecule has 1 fully saturated rings. The SMILES string of the molecule is CCOc1ccc(N(CC(=O)NCc2cccc(CN3CCCCC3)c2)S(=O)(=O)c2ccccc2)cc1. The zero-order chi connectivity index (χ0) is 26.1. The molecule has 1 aliphatic rings. The lowest BCUT2D eigenvalue weighted by Crippen LogP contribution is -2.40. The summed E-state index contributed by atoms with van der Waals surface area (Å²) in [5.41, 5.74) is 2.60. The van der Waals surface area contributed by atoms with E-state index in [-0.39, 0.29) is 17.3 Å². The summed E-state index contributed by atoms with van der Waals surface area (Å²) in [5.74, 6) is 0.257. The van der Waals surface area contributed by atoms with Gasteiger partial charge in [-0.1, -0.05) is 48.9 Å². The molecule has 0 bridgehead atoms. The number of amides is 1. The Kier molecular flexibility index (Phi) is 9.19. The number of rotatable bonds is 11. The molecule has 1 amide bonds. The normalized spacial score (nSPS) is 14.2. The lowest BCUT2D eigenvalue weighted by Gasteiger charge is -2.26. The summed E-state index contributed by atoms with van der Waals surface area (Å²) in [6.07, 6.45) is 3.79. The molecule has 196 valence electrons. The number of hydrogen-bond donors (Lipinski definition) is 1. The van der Waals surface area contributed by atoms with E-state index in [0.717, 1.165) is 29.5 Å². The average Bonchev–Trinajstić information content (AvgIpc) is 2.92. The lowest BCUT2D eigenvalue weighted by molar-refractivity contribution is -0.119. The van der Waals surface area contributed by atoms with Crippen molar-refractivity contribution in [3.05, 3.63) is 90.0 Å². The van der Waals surface area contributed by atoms with Crippen molar-refractivity contribution >= 4 is 21.6 Å². The van der Waals surface area contributed by atoms with E-state index in [1.54, 1.807) is 42.5 Å². The van der Waals surface area contributed by atoms with Gasteiger partial charge in [0, 0.05) is 13.1 Å². The first-order chi connectivity index (χ1) is 18.0. The molecule has 4 rings (SSSR count). The minimum atomic E-state index is -3.95. The molecule has 8 heteroatoms. The number of nitrogens with one attached hydrogen (secondary N) is 1. The van der Waals surface area contributed by atoms with Gasteiger partial charge in [-0.3, -0.25) is 14.0 Å². The van der Waals surface area contributed by atoms with E-state index in [9.17, 15) is 13.2 Å². The highest BCUT2D eigenvalue weighted by Crippen LogP contribution is 2.26. The Bertz CT molecular complexity index is 1260. The van der Waals surface area contributed by atoms with Gasteiger partial charge in [0.1, 0.15) is 12.3 Å². The zero-order valence-electron chi connectivity index (χ0n) is 21.3. The summed E-state index contributed by atoms with van der Waals surface area (Å²) in [7, 11) is -3.95. The van der Waals surface area contributed by atoms with Gasteiger partial charge in [-0.05, 0) is 80.4 Å². The molecule has 0 spiro atoms. The predicted octanol–water partition coefficient (Wildman–Crippen LogP) is 4.58. The van der Waals surface area contributed by atoms with E-state index in [2.05, 4.69) is 22.3 Å². The van der Waals surface area contributed by atoms with Crippen molar-refractivity contribution in [1.82, 2.24) is 10.2 Å². The Hall–Kier alpha value is -3.36. The number of hydrogen-bond acceptors (Lipinski definition) is 5. The number of sulfonamides is 1. The van der Waals surface area contributed by atoms with E-state index in [1.807, 2.05) is 19.1 Å². The molecule has 1 N–H and O–H groups in total. The maximum absolute atomic E-state index is 13.5. The second-order valence-electron chi connectivity index (χ2n) is 9.19. The van der Waals surface area contributed by atoms with Crippen LogP contribution >= 0.6 is 0 Å². The van der Waals surface area contributed by atoms with Crippen LogP contribution in [0.25, 0.3) is 0 Å². The molecule has 0 saturated carbocycles. The van der Waals surface area contributed by atoms with Gasteiger partial charge in [-0.15, -0.1) is 0 Å². The molecule has 0 radical (unpaired) electrons. The van der Waals surface area contributed by atoms with E-state index < -0.39 is 10.0 Å². The molecular weight excluding hydrogens is 486 g/mol. The highest BCUT2D eigenvalue weighted by molar-refractivity contribution is 7.92. The molecule has 0 aromatic heterocycles. The summed E-state index contributed by atoms with van der Waals surface area (Å²) < 4.78 is 33.6. The molecule has 3 aromatic rings. The molecule has 1 aliphatic heterocycles. The van der Waals surface area contributed by atoms with E-state index >= 15 is 0 Å². The third kappa shape index (κ3) is 7.33. The number of ether oxygens (including phenoxy) is 1. The first kappa shape index (κ1) is 26.7. The Morgan fingerprint density at radius 3 is 2.32 bits per heavy atom. The van der Waals surface area contributed by atoms with Crippen LogP contribution in [-0.2, 0) is 27.9 Å². The van der Waals surface area contributed by atoms with Gasteiger partial charge >= 0.3 is 0 Å². The highest BCUT2D eigenvalue weighted by atomic mass is 32.2. The molecule has 1 saturated heterocycles. The predicted molar refractivity (Wildman–Crippen MR) is 146 cm³/mol. The number of carbonyl (C=O) groups is 1. The van der Waals surface area contributed by atoms with E-state index in [1.165, 1.54) is 37.0 Å². The largest absolute Gasteiger partial charge is 0.494 e. The summed E-state index contributed by atoms with van der Waals surface area (Å²) >= 11 is 0. The van der Waals surface area contributed by atoms with Crippen molar-refractivity contribution in [2.45, 2.75) is 44.2 Å². The van der Waals surface area contributed by atoms with Gasteiger partial charge in [0.2, 0.25) is 5.91 Å². The van der Waals surface area contributed by atoms with Crippen molar-refractivity contribution < 1.29 is 17.9 Å². The minimum absolute atomic E-state index is 0.127. The monoisotopic (exact) mass is 521 g/mol. The number of anilines is 1. The van der Waals surface area contributed by atoms with Gasteiger partial charge in [-0.25, -0.2) is 8.42 Å². The fourth-order valence-corrected chi connectivity index (χ4v) is 5.95. The second kappa shape index (κ2) is 12.7. The van der Waals surface area contributed by atoms with Gasteiger partial charge in [0.25, 0.3) is 10.0 Å². The fraction of sp³-hybridized carbons (Fsp3) is 0.345. The van der Waals surface area contributed by atoms with Crippen LogP contribution in [0.15, 0.2) is 83.8 Å². The van der Waals surface area contributed by atoms with Crippen LogP contribution in [0.5, 0.6) is 5.75 Å². The molecule has 0 aliphatic carbocycles. The van der Waals surface area contributed by atoms with Crippen molar-refractivity contribution in [1.29, 1.82) is 0 Å². The van der Waals surface area contributed by atoms with Crippen LogP contribution < -0.4 is 14.4 Å². The number of nitrogens with zero attached hydrogens (tertiary/aromatic N) is 2. The zero-order valence-corrected chi connectivity index (χ0v) is 22.1. The smallest absolute Gasteiger partial charge is 0.264 e. The van der Waals surface area contributed by atoms with Crippen molar-refractivity contribution in [3.8, 4) is 5.75 Å². The molecule has 3 aromatic carbocycles. The quantitative estimate of drug-likeness (QED) is 0.400. The van der Waals surface area contributed by atoms with Gasteiger partial charge in [0.15, 0.2) is 0 Å². The topological polar surface area (TPSA) is 79.0 Å². The van der Waals surface area contributed by atoms with Crippen LogP contribution in [-0.4, -0.2) is 45.5 Å². The number of benzene rings is 3. The Labute approximate surface area is 220 Å². The van der Waals surface area contributed by atoms with Crippen LogP contribution in [0.1, 0.15) is 37.3 Å². The molecule has 7 nitrogen and oxygen atoms in total. The maximum atomic E-state index is 13.5. The standard InChI is InChI=1S/C29H35N3O4S/c1-2-36-27-16-14-26(15-17-27)32(37(34,35)28-12-5-3-6-13-28)23-29(33)30-21-24-10-9-11-25(20-24)22-31-18-7-4-8-19-31/h3,5-6,9-17,20H,2,4,7-8,18-19,21-23H2,1H3,(H,30,33). The van der Waals surface area contributed by atoms with E-state index in [4.69, 9.17) is 4.74 Å². The Morgan fingerprint density at radius 2 is 1.62 bits per heavy atom. The van der Waals surface area contributed by atoms with Crippen LogP contribution in [0.4, 0.5) is 5.69 Å². The third-order valence-electron chi connectivity index (χ3n) is 6.39. The average molecular weight is 522 g/mol. The lowest BCUT2D eigenvalue weighted by atomic mass is 10.1. The highest BCUT2D eigenvalue weighted by Gasteiger charge is 2.27. The summed E-state index contributed by atoms with van der Waals surface area (Å²) in [6.45, 7) is 5.54. The third-order valence-corrected chi connectivity index (χ3v) is 8.18. The number of carbonyl (C=O) groups excluding carboxylic acids is 1. The van der Waals surface area contributed by atoms with Crippen LogP contribution in [0.3, 0.4) is 0 Å². The fourth-order valence-electron chi connectivity index (χ4n) is 4.51. The van der Waals surface area contributed by atoms with E-state index in [0.29, 0.717) is 24.6 Å². The summed E-state index contributed by atoms with van der Waals surface area (Å²) in [4.78, 5) is 15.6. The Morgan fingerprint density at radius 1 is 0.919 bits per heavy atom. The summed E-state index contributed by atoms with van der Waals surface area (Å²) in [6, 6.07) is 23.1. The van der Waals surface area contributed by atoms with Crippen molar-refractivity contribution in [3.63, 3.8) is 0 Å².